The van der Waals surface area contributed by atoms with Crippen molar-refractivity contribution in [2.75, 3.05) is 20.2 Å². The summed E-state index contributed by atoms with van der Waals surface area (Å²) in [6.07, 6.45) is 5.68. The Morgan fingerprint density at radius 1 is 1.21 bits per heavy atom. The van der Waals surface area contributed by atoms with E-state index in [2.05, 4.69) is 29.3 Å². The van der Waals surface area contributed by atoms with Gasteiger partial charge in [-0.25, -0.2) is 0 Å². The monoisotopic (exact) mass is 330 g/mol. The van der Waals surface area contributed by atoms with Gasteiger partial charge in [-0.1, -0.05) is 43.2 Å². The fourth-order valence-electron chi connectivity index (χ4n) is 4.26. The van der Waals surface area contributed by atoms with E-state index in [0.717, 1.165) is 32.4 Å². The molecule has 1 aliphatic carbocycles. The average molecular weight is 330 g/mol. The third-order valence-electron chi connectivity index (χ3n) is 5.54. The van der Waals surface area contributed by atoms with Crippen LogP contribution in [-0.4, -0.2) is 43.1 Å². The van der Waals surface area contributed by atoms with Crippen LogP contribution in [0.25, 0.3) is 0 Å². The predicted molar refractivity (Wildman–Crippen MR) is 95.7 cm³/mol. The van der Waals surface area contributed by atoms with Gasteiger partial charge in [-0.2, -0.15) is 0 Å². The van der Waals surface area contributed by atoms with Crippen LogP contribution in [0.1, 0.15) is 50.7 Å². The molecule has 24 heavy (non-hydrogen) atoms. The van der Waals surface area contributed by atoms with Crippen LogP contribution in [-0.2, 0) is 9.53 Å². The highest BCUT2D eigenvalue weighted by Crippen LogP contribution is 2.28. The van der Waals surface area contributed by atoms with Crippen LogP contribution < -0.4 is 5.32 Å². The van der Waals surface area contributed by atoms with Crippen LogP contribution in [0.2, 0.25) is 0 Å². The number of hydrogen-bond acceptors (Lipinski definition) is 3. The van der Waals surface area contributed by atoms with Crippen molar-refractivity contribution >= 4 is 5.91 Å². The van der Waals surface area contributed by atoms with Crippen LogP contribution in [0.15, 0.2) is 30.3 Å². The fourth-order valence-corrected chi connectivity index (χ4v) is 4.26. The van der Waals surface area contributed by atoms with Crippen molar-refractivity contribution in [3.05, 3.63) is 35.9 Å². The normalized spacial score (nSPS) is 24.2. The van der Waals surface area contributed by atoms with Gasteiger partial charge >= 0.3 is 0 Å². The lowest BCUT2D eigenvalue weighted by atomic mass is 10.0. The summed E-state index contributed by atoms with van der Waals surface area (Å²) in [7, 11) is 1.76. The van der Waals surface area contributed by atoms with E-state index in [4.69, 9.17) is 4.74 Å². The van der Waals surface area contributed by atoms with Crippen LogP contribution in [0.3, 0.4) is 0 Å². The van der Waals surface area contributed by atoms with Gasteiger partial charge in [0.2, 0.25) is 5.91 Å². The van der Waals surface area contributed by atoms with E-state index >= 15 is 0 Å². The summed E-state index contributed by atoms with van der Waals surface area (Å²) in [6, 6.07) is 10.9. The number of ether oxygens (including phenoxy) is 1. The van der Waals surface area contributed by atoms with E-state index in [9.17, 15) is 4.79 Å². The van der Waals surface area contributed by atoms with Gasteiger partial charge in [0.25, 0.3) is 0 Å². The Balaban J connectivity index is 1.53. The molecule has 1 N–H and O–H groups in total. The lowest BCUT2D eigenvalue weighted by Crippen LogP contribution is -2.43. The predicted octanol–water partition coefficient (Wildman–Crippen LogP) is 3.14. The molecule has 0 spiro atoms. The molecule has 1 aromatic rings. The SMILES string of the molecule is CO[C@H](c1ccccc1)[C@@H](C)N[C@H]1CCN(C(=O)C2CCCC2)C1. The van der Waals surface area contributed by atoms with Gasteiger partial charge < -0.3 is 15.0 Å². The summed E-state index contributed by atoms with van der Waals surface area (Å²) in [4.78, 5) is 14.6. The molecule has 2 fully saturated rings. The Labute approximate surface area is 145 Å². The minimum absolute atomic E-state index is 0.0331. The first-order chi connectivity index (χ1) is 11.7. The summed E-state index contributed by atoms with van der Waals surface area (Å²) < 4.78 is 5.72. The number of likely N-dealkylation sites (tertiary alicyclic amines) is 1. The largest absolute Gasteiger partial charge is 0.375 e. The number of carbonyl (C=O) groups is 1. The molecular weight excluding hydrogens is 300 g/mol. The van der Waals surface area contributed by atoms with Crippen molar-refractivity contribution in [1.82, 2.24) is 10.2 Å². The number of nitrogens with zero attached hydrogens (tertiary/aromatic N) is 1. The molecule has 1 aromatic carbocycles. The molecule has 1 heterocycles. The first-order valence-electron chi connectivity index (χ1n) is 9.31. The van der Waals surface area contributed by atoms with Crippen molar-refractivity contribution in [2.45, 2.75) is 57.2 Å². The number of rotatable bonds is 6. The van der Waals surface area contributed by atoms with Gasteiger partial charge in [-0.3, -0.25) is 4.79 Å². The minimum atomic E-state index is 0.0331. The van der Waals surface area contributed by atoms with Gasteiger partial charge in [0.1, 0.15) is 0 Å². The van der Waals surface area contributed by atoms with E-state index in [-0.39, 0.29) is 18.1 Å². The molecule has 1 amide bonds. The Morgan fingerprint density at radius 2 is 1.92 bits per heavy atom. The Hall–Kier alpha value is -1.39. The zero-order valence-electron chi connectivity index (χ0n) is 14.9. The summed E-state index contributed by atoms with van der Waals surface area (Å²) in [6.45, 7) is 3.90. The molecule has 1 saturated carbocycles. The lowest BCUT2D eigenvalue weighted by molar-refractivity contribution is -0.134. The maximum Gasteiger partial charge on any atom is 0.225 e. The van der Waals surface area contributed by atoms with Crippen molar-refractivity contribution in [2.24, 2.45) is 5.92 Å². The second-order valence-corrected chi connectivity index (χ2v) is 7.27. The molecule has 0 radical (unpaired) electrons. The Kier molecular flexibility index (Phi) is 5.90. The summed E-state index contributed by atoms with van der Waals surface area (Å²) in [5.74, 6) is 0.674. The third-order valence-corrected chi connectivity index (χ3v) is 5.54. The molecule has 1 saturated heterocycles. The van der Waals surface area contributed by atoms with Gasteiger partial charge in [0.05, 0.1) is 6.10 Å². The van der Waals surface area contributed by atoms with Crippen molar-refractivity contribution in [1.29, 1.82) is 0 Å². The highest BCUT2D eigenvalue weighted by Gasteiger charge is 2.33. The summed E-state index contributed by atoms with van der Waals surface area (Å²) >= 11 is 0. The number of hydrogen-bond donors (Lipinski definition) is 1. The molecule has 3 atom stereocenters. The van der Waals surface area contributed by atoms with E-state index in [0.29, 0.717) is 11.9 Å². The number of benzene rings is 1. The third kappa shape index (κ3) is 3.98. The van der Waals surface area contributed by atoms with Crippen molar-refractivity contribution in [3.8, 4) is 0 Å². The number of amides is 1. The second kappa shape index (κ2) is 8.13. The van der Waals surface area contributed by atoms with Crippen LogP contribution in [0, 0.1) is 5.92 Å². The lowest BCUT2D eigenvalue weighted by Gasteiger charge is -2.27. The molecule has 4 heteroatoms. The molecule has 3 rings (SSSR count). The molecule has 4 nitrogen and oxygen atoms in total. The van der Waals surface area contributed by atoms with Gasteiger partial charge in [-0.15, -0.1) is 0 Å². The van der Waals surface area contributed by atoms with E-state index in [1.165, 1.54) is 18.4 Å². The molecule has 1 aliphatic heterocycles. The zero-order valence-corrected chi connectivity index (χ0v) is 14.9. The molecule has 132 valence electrons. The first-order valence-corrected chi connectivity index (χ1v) is 9.31. The van der Waals surface area contributed by atoms with E-state index in [1.807, 2.05) is 18.2 Å². The van der Waals surface area contributed by atoms with E-state index in [1.54, 1.807) is 7.11 Å². The number of carbonyl (C=O) groups excluding carboxylic acids is 1. The highest BCUT2D eigenvalue weighted by molar-refractivity contribution is 5.79. The van der Waals surface area contributed by atoms with E-state index < -0.39 is 0 Å². The fraction of sp³-hybridized carbons (Fsp3) is 0.650. The second-order valence-electron chi connectivity index (χ2n) is 7.27. The maximum atomic E-state index is 12.6. The maximum absolute atomic E-state index is 12.6. The summed E-state index contributed by atoms with van der Waals surface area (Å²) in [5, 5.41) is 3.68. The molecule has 0 bridgehead atoms. The first kappa shape index (κ1) is 17.4. The Morgan fingerprint density at radius 3 is 2.58 bits per heavy atom. The Bertz CT molecular complexity index is 528. The quantitative estimate of drug-likeness (QED) is 0.871. The molecule has 0 aromatic heterocycles. The van der Waals surface area contributed by atoms with Crippen LogP contribution in [0.5, 0.6) is 0 Å². The smallest absolute Gasteiger partial charge is 0.225 e. The van der Waals surface area contributed by atoms with Crippen molar-refractivity contribution < 1.29 is 9.53 Å². The van der Waals surface area contributed by atoms with Gasteiger partial charge in [-0.05, 0) is 31.7 Å². The van der Waals surface area contributed by atoms with Crippen LogP contribution >= 0.6 is 0 Å². The summed E-state index contributed by atoms with van der Waals surface area (Å²) in [5.41, 5.74) is 1.19. The zero-order chi connectivity index (χ0) is 16.9. The topological polar surface area (TPSA) is 41.6 Å². The minimum Gasteiger partial charge on any atom is -0.375 e. The average Bonchev–Trinajstić information content (AvgIpc) is 3.28. The van der Waals surface area contributed by atoms with Gasteiger partial charge in [0.15, 0.2) is 0 Å². The number of nitrogens with one attached hydrogen (secondary N) is 1. The molecule has 2 aliphatic rings. The molecule has 0 unspecified atom stereocenters. The van der Waals surface area contributed by atoms with Crippen LogP contribution in [0.4, 0.5) is 0 Å². The highest BCUT2D eigenvalue weighted by atomic mass is 16.5. The number of methoxy groups -OCH3 is 1. The standard InChI is InChI=1S/C20H30N2O2/c1-15(19(24-2)16-8-4-3-5-9-16)21-18-12-13-22(14-18)20(23)17-10-6-7-11-17/h3-5,8-9,15,17-19,21H,6-7,10-14H2,1-2H3/t15-,18+,19+/m1/s1. The van der Waals surface area contributed by atoms with Gasteiger partial charge in [0, 0.05) is 38.2 Å². The molecular formula is C20H30N2O2. The van der Waals surface area contributed by atoms with Crippen molar-refractivity contribution in [3.63, 3.8) is 0 Å².